The average Bonchev–Trinajstić information content (AvgIpc) is 3.03. The predicted molar refractivity (Wildman–Crippen MR) is 87.7 cm³/mol. The van der Waals surface area contributed by atoms with Crippen LogP contribution in [0.2, 0.25) is 0 Å². The second-order valence-corrected chi connectivity index (χ2v) is 5.62. The number of ether oxygens (including phenoxy) is 1. The third-order valence-corrected chi connectivity index (χ3v) is 4.24. The molecular weight excluding hydrogens is 278 g/mol. The number of hydrogen-bond donors (Lipinski definition) is 0. The van der Waals surface area contributed by atoms with Gasteiger partial charge in [-0.2, -0.15) is 0 Å². The minimum absolute atomic E-state index is 0.514. The van der Waals surface area contributed by atoms with Gasteiger partial charge in [0.1, 0.15) is 17.4 Å². The van der Waals surface area contributed by atoms with Crippen LogP contribution in [0.5, 0.6) is 5.75 Å². The van der Waals surface area contributed by atoms with Crippen LogP contribution in [0.4, 0.5) is 0 Å². The summed E-state index contributed by atoms with van der Waals surface area (Å²) in [6, 6.07) is 18.4. The molecule has 0 aliphatic rings. The summed E-state index contributed by atoms with van der Waals surface area (Å²) in [5, 5.41) is 3.11. The summed E-state index contributed by atoms with van der Waals surface area (Å²) in [6.45, 7) is 2.65. The first-order chi connectivity index (χ1) is 10.4. The van der Waals surface area contributed by atoms with Crippen LogP contribution in [-0.4, -0.2) is 4.98 Å². The molecule has 0 aliphatic carbocycles. The molecule has 0 radical (unpaired) electrons. The van der Waals surface area contributed by atoms with Crippen molar-refractivity contribution in [2.24, 2.45) is 0 Å². The molecule has 0 saturated heterocycles. The fraction of sp³-hybridized carbons (Fsp3) is 0.167. The van der Waals surface area contributed by atoms with Crippen molar-refractivity contribution in [2.75, 3.05) is 0 Å². The van der Waals surface area contributed by atoms with E-state index in [4.69, 9.17) is 4.74 Å². The number of nitrogens with zero attached hydrogens (tertiary/aromatic N) is 1. The molecule has 3 aromatic rings. The standard InChI is InChI=1S/C18H17NOS/c1-2-14-8-6-7-11-17(14)20-12-16-13-21-18(19-16)15-9-4-3-5-10-15/h3-11,13H,2,12H2,1H3. The molecule has 21 heavy (non-hydrogen) atoms. The Labute approximate surface area is 129 Å². The summed E-state index contributed by atoms with van der Waals surface area (Å²) in [5.74, 6) is 0.953. The summed E-state index contributed by atoms with van der Waals surface area (Å²) in [7, 11) is 0. The topological polar surface area (TPSA) is 22.1 Å². The van der Waals surface area contributed by atoms with Crippen molar-refractivity contribution < 1.29 is 4.74 Å². The van der Waals surface area contributed by atoms with Gasteiger partial charge >= 0.3 is 0 Å². The Kier molecular flexibility index (Phi) is 4.31. The fourth-order valence-corrected chi connectivity index (χ4v) is 2.99. The molecule has 2 nitrogen and oxygen atoms in total. The first kappa shape index (κ1) is 13.8. The zero-order chi connectivity index (χ0) is 14.5. The van der Waals surface area contributed by atoms with E-state index in [-0.39, 0.29) is 0 Å². The third-order valence-electron chi connectivity index (χ3n) is 3.30. The molecule has 0 aliphatic heterocycles. The Morgan fingerprint density at radius 3 is 2.57 bits per heavy atom. The first-order valence-electron chi connectivity index (χ1n) is 7.07. The Morgan fingerprint density at radius 2 is 1.76 bits per heavy atom. The SMILES string of the molecule is CCc1ccccc1OCc1csc(-c2ccccc2)n1. The smallest absolute Gasteiger partial charge is 0.131 e. The lowest BCUT2D eigenvalue weighted by Crippen LogP contribution is -1.98. The molecule has 106 valence electrons. The Morgan fingerprint density at radius 1 is 1.00 bits per heavy atom. The maximum atomic E-state index is 5.91. The minimum Gasteiger partial charge on any atom is -0.487 e. The van der Waals surface area contributed by atoms with Crippen molar-refractivity contribution in [3.05, 3.63) is 71.2 Å². The lowest BCUT2D eigenvalue weighted by molar-refractivity contribution is 0.299. The highest BCUT2D eigenvalue weighted by Crippen LogP contribution is 2.25. The van der Waals surface area contributed by atoms with Crippen molar-refractivity contribution in [3.8, 4) is 16.3 Å². The molecule has 1 heterocycles. The normalized spacial score (nSPS) is 10.5. The minimum atomic E-state index is 0.514. The largest absolute Gasteiger partial charge is 0.487 e. The lowest BCUT2D eigenvalue weighted by Gasteiger charge is -2.08. The second-order valence-electron chi connectivity index (χ2n) is 4.76. The predicted octanol–water partition coefficient (Wildman–Crippen LogP) is 4.95. The van der Waals surface area contributed by atoms with Crippen LogP contribution >= 0.6 is 11.3 Å². The van der Waals surface area contributed by atoms with E-state index in [1.807, 2.05) is 36.4 Å². The van der Waals surface area contributed by atoms with Crippen molar-refractivity contribution in [1.82, 2.24) is 4.98 Å². The van der Waals surface area contributed by atoms with Gasteiger partial charge in [0.15, 0.2) is 0 Å². The van der Waals surface area contributed by atoms with Crippen molar-refractivity contribution >= 4 is 11.3 Å². The van der Waals surface area contributed by atoms with Crippen molar-refractivity contribution in [2.45, 2.75) is 20.0 Å². The van der Waals surface area contributed by atoms with Gasteiger partial charge in [-0.3, -0.25) is 0 Å². The Balaban J connectivity index is 1.71. The number of aryl methyl sites for hydroxylation is 1. The van der Waals surface area contributed by atoms with Crippen LogP contribution in [0, 0.1) is 0 Å². The molecule has 0 amide bonds. The average molecular weight is 295 g/mol. The van der Waals surface area contributed by atoms with Gasteiger partial charge in [-0.05, 0) is 18.1 Å². The highest BCUT2D eigenvalue weighted by Gasteiger charge is 2.06. The van der Waals surface area contributed by atoms with Crippen LogP contribution < -0.4 is 4.74 Å². The fourth-order valence-electron chi connectivity index (χ4n) is 2.18. The molecule has 3 heteroatoms. The molecular formula is C18H17NOS. The van der Waals surface area contributed by atoms with E-state index in [9.17, 15) is 0 Å². The summed E-state index contributed by atoms with van der Waals surface area (Å²) in [5.41, 5.74) is 3.36. The Bertz CT molecular complexity index is 706. The van der Waals surface area contributed by atoms with Gasteiger partial charge in [-0.15, -0.1) is 11.3 Å². The highest BCUT2D eigenvalue weighted by molar-refractivity contribution is 7.13. The molecule has 1 aromatic heterocycles. The van der Waals surface area contributed by atoms with Crippen LogP contribution in [0.15, 0.2) is 60.0 Å². The number of thiazole rings is 1. The molecule has 3 rings (SSSR count). The van der Waals surface area contributed by atoms with E-state index < -0.39 is 0 Å². The number of benzene rings is 2. The van der Waals surface area contributed by atoms with Gasteiger partial charge in [-0.1, -0.05) is 55.5 Å². The van der Waals surface area contributed by atoms with E-state index in [1.54, 1.807) is 11.3 Å². The molecule has 0 fully saturated rings. The number of hydrogen-bond acceptors (Lipinski definition) is 3. The quantitative estimate of drug-likeness (QED) is 0.664. The summed E-state index contributed by atoms with van der Waals surface area (Å²) in [6.07, 6.45) is 0.975. The number of rotatable bonds is 5. The van der Waals surface area contributed by atoms with Gasteiger partial charge in [0.2, 0.25) is 0 Å². The maximum absolute atomic E-state index is 5.91. The van der Waals surface area contributed by atoms with Crippen molar-refractivity contribution in [1.29, 1.82) is 0 Å². The van der Waals surface area contributed by atoms with Crippen molar-refractivity contribution in [3.63, 3.8) is 0 Å². The molecule has 0 spiro atoms. The summed E-state index contributed by atoms with van der Waals surface area (Å²) >= 11 is 1.66. The van der Waals surface area contributed by atoms with E-state index in [0.29, 0.717) is 6.61 Å². The zero-order valence-corrected chi connectivity index (χ0v) is 12.8. The van der Waals surface area contributed by atoms with Gasteiger partial charge in [0.05, 0.1) is 5.69 Å². The van der Waals surface area contributed by atoms with E-state index in [2.05, 4.69) is 35.5 Å². The van der Waals surface area contributed by atoms with E-state index >= 15 is 0 Å². The van der Waals surface area contributed by atoms with Crippen LogP contribution in [0.25, 0.3) is 10.6 Å². The van der Waals surface area contributed by atoms with Gasteiger partial charge in [-0.25, -0.2) is 4.98 Å². The van der Waals surface area contributed by atoms with E-state index in [0.717, 1.165) is 28.4 Å². The van der Waals surface area contributed by atoms with Crippen LogP contribution in [0.1, 0.15) is 18.2 Å². The molecule has 2 aromatic carbocycles. The van der Waals surface area contributed by atoms with Crippen LogP contribution in [-0.2, 0) is 13.0 Å². The van der Waals surface area contributed by atoms with Gasteiger partial charge in [0.25, 0.3) is 0 Å². The Hall–Kier alpha value is -2.13. The monoisotopic (exact) mass is 295 g/mol. The molecule has 0 atom stereocenters. The number of para-hydroxylation sites is 1. The first-order valence-corrected chi connectivity index (χ1v) is 7.95. The maximum Gasteiger partial charge on any atom is 0.131 e. The lowest BCUT2D eigenvalue weighted by atomic mass is 10.1. The molecule has 0 bridgehead atoms. The molecule has 0 saturated carbocycles. The third kappa shape index (κ3) is 3.31. The number of aromatic nitrogens is 1. The van der Waals surface area contributed by atoms with E-state index in [1.165, 1.54) is 5.56 Å². The van der Waals surface area contributed by atoms with Gasteiger partial charge in [0, 0.05) is 10.9 Å². The zero-order valence-electron chi connectivity index (χ0n) is 12.0. The summed E-state index contributed by atoms with van der Waals surface area (Å²) in [4.78, 5) is 4.64. The highest BCUT2D eigenvalue weighted by atomic mass is 32.1. The van der Waals surface area contributed by atoms with Gasteiger partial charge < -0.3 is 4.74 Å². The van der Waals surface area contributed by atoms with Crippen LogP contribution in [0.3, 0.4) is 0 Å². The second kappa shape index (κ2) is 6.55. The molecule has 0 unspecified atom stereocenters. The summed E-state index contributed by atoms with van der Waals surface area (Å²) < 4.78 is 5.91. The molecule has 0 N–H and O–H groups in total.